The molecule has 1 unspecified atom stereocenters. The molecule has 0 aliphatic carbocycles. The molecule has 3 aliphatic rings. The smallest absolute Gasteiger partial charge is 0.117 e. The first-order valence-electron chi connectivity index (χ1n) is 10.4. The fraction of sp³-hybridized carbons (Fsp3) is 0.200. The van der Waals surface area contributed by atoms with Gasteiger partial charge in [-0.2, -0.15) is 0 Å². The summed E-state index contributed by atoms with van der Waals surface area (Å²) in [6, 6.07) is 24.8. The third kappa shape index (κ3) is 2.23. The molecule has 0 fully saturated rings. The molecule has 0 N–H and O–H groups in total. The summed E-state index contributed by atoms with van der Waals surface area (Å²) in [6.45, 7) is 5.00. The first-order valence-corrected chi connectivity index (χ1v) is 13.4. The van der Waals surface area contributed by atoms with Gasteiger partial charge in [0.2, 0.25) is 0 Å². The van der Waals surface area contributed by atoms with E-state index in [2.05, 4.69) is 114 Å². The van der Waals surface area contributed by atoms with E-state index in [1.165, 1.54) is 33.5 Å². The normalized spacial score (nSPS) is 20.4. The molecule has 0 aromatic heterocycles. The van der Waals surface area contributed by atoms with Crippen LogP contribution in [0.2, 0.25) is 13.1 Å². The predicted molar refractivity (Wildman–Crippen MR) is 125 cm³/mol. The Morgan fingerprint density at radius 1 is 0.793 bits per heavy atom. The van der Waals surface area contributed by atoms with Crippen molar-refractivity contribution < 1.29 is 0 Å². The topological polar surface area (TPSA) is 9.72 Å². The maximum Gasteiger partial charge on any atom is 0.117 e. The second-order valence-electron chi connectivity index (χ2n) is 8.87. The van der Waals surface area contributed by atoms with E-state index in [-0.39, 0.29) is 0 Å². The number of fused-ring (bicyclic) bond motifs is 5. The van der Waals surface area contributed by atoms with Crippen LogP contribution in [-0.2, 0) is 6.42 Å². The van der Waals surface area contributed by atoms with Gasteiger partial charge in [0, 0.05) is 48.6 Å². The predicted octanol–water partition coefficient (Wildman–Crippen LogP) is 4.40. The molecule has 29 heavy (non-hydrogen) atoms. The van der Waals surface area contributed by atoms with E-state index in [4.69, 9.17) is 0 Å². The number of para-hydroxylation sites is 2. The highest BCUT2D eigenvalue weighted by Gasteiger charge is 2.42. The van der Waals surface area contributed by atoms with Gasteiger partial charge in [0.05, 0.1) is 0 Å². The van der Waals surface area contributed by atoms with E-state index in [0.29, 0.717) is 6.17 Å². The Bertz CT molecular complexity index is 1150. The lowest BCUT2D eigenvalue weighted by Crippen LogP contribution is -2.58. The van der Waals surface area contributed by atoms with Crippen LogP contribution >= 0.6 is 0 Å². The van der Waals surface area contributed by atoms with E-state index < -0.39 is 8.07 Å². The Morgan fingerprint density at radius 3 is 2.38 bits per heavy atom. The van der Waals surface area contributed by atoms with E-state index in [1.807, 2.05) is 0 Å². The van der Waals surface area contributed by atoms with Gasteiger partial charge in [-0.1, -0.05) is 55.6 Å². The van der Waals surface area contributed by atoms with Crippen LogP contribution in [0.25, 0.3) is 0 Å². The van der Waals surface area contributed by atoms with Gasteiger partial charge >= 0.3 is 0 Å². The Hall–Kier alpha value is -2.98. The standard InChI is InChI=1S/C25H25N3Si/c1-26-13-14-27-21-17-22-24(15-18(21)16-25(26)27)29(2,3)23-12-8-7-11-20(23)28(22)19-9-5-4-6-10-19/h4-15,17,25H,16H2,1-3H3. The Balaban J connectivity index is 1.63. The van der Waals surface area contributed by atoms with E-state index in [9.17, 15) is 0 Å². The molecular formula is C25H25N3Si. The highest BCUT2D eigenvalue weighted by molar-refractivity contribution is 7.02. The van der Waals surface area contributed by atoms with Crippen LogP contribution in [0, 0.1) is 0 Å². The van der Waals surface area contributed by atoms with Gasteiger partial charge in [0.15, 0.2) is 0 Å². The number of benzene rings is 3. The first-order chi connectivity index (χ1) is 14.1. The second-order valence-corrected chi connectivity index (χ2v) is 13.2. The highest BCUT2D eigenvalue weighted by atomic mass is 28.3. The zero-order chi connectivity index (χ0) is 19.8. The van der Waals surface area contributed by atoms with E-state index in [1.54, 1.807) is 5.19 Å². The molecule has 4 heteroatoms. The van der Waals surface area contributed by atoms with Crippen molar-refractivity contribution in [3.05, 3.63) is 84.7 Å². The number of anilines is 4. The molecule has 0 saturated carbocycles. The van der Waals surface area contributed by atoms with Crippen molar-refractivity contribution in [2.75, 3.05) is 16.8 Å². The van der Waals surface area contributed by atoms with Crippen molar-refractivity contribution in [2.24, 2.45) is 0 Å². The molecule has 3 aliphatic heterocycles. The maximum absolute atomic E-state index is 2.53. The minimum atomic E-state index is -1.79. The minimum Gasteiger partial charge on any atom is -0.358 e. The van der Waals surface area contributed by atoms with Gasteiger partial charge in [-0.15, -0.1) is 0 Å². The molecule has 0 radical (unpaired) electrons. The fourth-order valence-electron chi connectivity index (χ4n) is 5.29. The van der Waals surface area contributed by atoms with Gasteiger partial charge in [-0.05, 0) is 40.2 Å². The second kappa shape index (κ2) is 5.77. The lowest BCUT2D eigenvalue weighted by atomic mass is 10.1. The molecule has 3 heterocycles. The summed E-state index contributed by atoms with van der Waals surface area (Å²) in [6.07, 6.45) is 5.93. The van der Waals surface area contributed by atoms with Crippen molar-refractivity contribution in [1.29, 1.82) is 0 Å². The zero-order valence-corrected chi connectivity index (χ0v) is 18.1. The summed E-state index contributed by atoms with van der Waals surface area (Å²) in [4.78, 5) is 7.24. The highest BCUT2D eigenvalue weighted by Crippen LogP contribution is 2.44. The number of hydrogen-bond donors (Lipinski definition) is 0. The van der Waals surface area contributed by atoms with Crippen molar-refractivity contribution in [2.45, 2.75) is 25.7 Å². The molecule has 144 valence electrons. The average molecular weight is 396 g/mol. The molecule has 1 atom stereocenters. The Morgan fingerprint density at radius 2 is 1.55 bits per heavy atom. The monoisotopic (exact) mass is 395 g/mol. The van der Waals surface area contributed by atoms with Crippen LogP contribution in [0.4, 0.5) is 22.7 Å². The third-order valence-electron chi connectivity index (χ3n) is 6.88. The van der Waals surface area contributed by atoms with Crippen LogP contribution in [0.15, 0.2) is 79.1 Å². The summed E-state index contributed by atoms with van der Waals surface area (Å²) >= 11 is 0. The van der Waals surface area contributed by atoms with Crippen molar-refractivity contribution in [3.63, 3.8) is 0 Å². The van der Waals surface area contributed by atoms with Crippen LogP contribution < -0.4 is 20.2 Å². The van der Waals surface area contributed by atoms with Crippen LogP contribution in [-0.4, -0.2) is 26.2 Å². The fourth-order valence-corrected chi connectivity index (χ4v) is 8.29. The lowest BCUT2D eigenvalue weighted by Gasteiger charge is -2.41. The quantitative estimate of drug-likeness (QED) is 0.566. The molecule has 3 aromatic carbocycles. The molecule has 6 rings (SSSR count). The number of rotatable bonds is 1. The third-order valence-corrected chi connectivity index (χ3v) is 10.4. The summed E-state index contributed by atoms with van der Waals surface area (Å²) < 4.78 is 0. The summed E-state index contributed by atoms with van der Waals surface area (Å²) in [5.74, 6) is 0. The van der Waals surface area contributed by atoms with Gasteiger partial charge in [-0.3, -0.25) is 0 Å². The average Bonchev–Trinajstić information content (AvgIpc) is 3.27. The lowest BCUT2D eigenvalue weighted by molar-refractivity contribution is 0.369. The largest absolute Gasteiger partial charge is 0.358 e. The summed E-state index contributed by atoms with van der Waals surface area (Å²) in [5.41, 5.74) is 6.77. The van der Waals surface area contributed by atoms with Crippen LogP contribution in [0.3, 0.4) is 0 Å². The molecular weight excluding hydrogens is 370 g/mol. The zero-order valence-electron chi connectivity index (χ0n) is 17.1. The van der Waals surface area contributed by atoms with E-state index >= 15 is 0 Å². The molecule has 0 saturated heterocycles. The van der Waals surface area contributed by atoms with E-state index in [0.717, 1.165) is 6.42 Å². The van der Waals surface area contributed by atoms with Crippen molar-refractivity contribution in [1.82, 2.24) is 4.90 Å². The summed E-state index contributed by atoms with van der Waals surface area (Å²) in [7, 11) is 0.384. The summed E-state index contributed by atoms with van der Waals surface area (Å²) in [5, 5.41) is 3.07. The molecule has 0 spiro atoms. The molecule has 3 aromatic rings. The molecule has 3 nitrogen and oxygen atoms in total. The SMILES string of the molecule is CN1C=CN2c3cc4c(cc3CC12)[Si](C)(C)c1ccccc1N4c1ccccc1. The molecule has 0 bridgehead atoms. The van der Waals surface area contributed by atoms with Crippen LogP contribution in [0.1, 0.15) is 5.56 Å². The minimum absolute atomic E-state index is 0.422. The van der Waals surface area contributed by atoms with Crippen molar-refractivity contribution >= 4 is 41.2 Å². The number of hydrogen-bond acceptors (Lipinski definition) is 3. The Labute approximate surface area is 173 Å². The maximum atomic E-state index is 2.53. The molecule has 0 amide bonds. The Kier molecular flexibility index (Phi) is 3.37. The number of likely N-dealkylation sites (N-methyl/N-ethyl adjacent to an activating group) is 1. The van der Waals surface area contributed by atoms with Gasteiger partial charge in [-0.25, -0.2) is 0 Å². The van der Waals surface area contributed by atoms with Gasteiger partial charge < -0.3 is 14.7 Å². The van der Waals surface area contributed by atoms with Gasteiger partial charge in [0.1, 0.15) is 14.2 Å². The van der Waals surface area contributed by atoms with Gasteiger partial charge in [0.25, 0.3) is 0 Å². The first kappa shape index (κ1) is 16.9. The van der Waals surface area contributed by atoms with Crippen molar-refractivity contribution in [3.8, 4) is 0 Å². The number of nitrogens with zero attached hydrogens (tertiary/aromatic N) is 3. The van der Waals surface area contributed by atoms with Crippen LogP contribution in [0.5, 0.6) is 0 Å².